The number of unbranched alkanes of at least 4 members (excludes halogenated alkanes) is 2. The van der Waals surface area contributed by atoms with Crippen molar-refractivity contribution >= 4 is 5.78 Å². The Kier molecular flexibility index (Phi) is 7.99. The Morgan fingerprint density at radius 2 is 1.95 bits per heavy atom. The lowest BCUT2D eigenvalue weighted by Crippen LogP contribution is -2.30. The van der Waals surface area contributed by atoms with E-state index in [4.69, 9.17) is 4.74 Å². The molecule has 0 saturated carbocycles. The molecule has 0 aliphatic heterocycles. The van der Waals surface area contributed by atoms with Crippen molar-refractivity contribution < 1.29 is 9.53 Å². The summed E-state index contributed by atoms with van der Waals surface area (Å²) in [4.78, 5) is 12.2. The number of rotatable bonds is 10. The molecule has 0 bridgehead atoms. The van der Waals surface area contributed by atoms with Crippen LogP contribution in [0.1, 0.15) is 52.0 Å². The first-order valence-electron chi connectivity index (χ1n) is 7.95. The summed E-state index contributed by atoms with van der Waals surface area (Å²) >= 11 is 0. The van der Waals surface area contributed by atoms with E-state index in [-0.39, 0.29) is 5.78 Å². The second kappa shape index (κ2) is 9.51. The van der Waals surface area contributed by atoms with E-state index in [1.54, 1.807) is 0 Å². The summed E-state index contributed by atoms with van der Waals surface area (Å²) in [6.07, 6.45) is 8.08. The fourth-order valence-electron chi connectivity index (χ4n) is 2.25. The third-order valence-electron chi connectivity index (χ3n) is 3.68. The summed E-state index contributed by atoms with van der Waals surface area (Å²) in [5, 5.41) is 0. The summed E-state index contributed by atoms with van der Waals surface area (Å²) in [5.41, 5.74) is 0.635. The molecule has 0 aromatic heterocycles. The normalized spacial score (nSPS) is 14.2. The van der Waals surface area contributed by atoms with Crippen molar-refractivity contribution in [2.24, 2.45) is 5.41 Å². The molecule has 1 aromatic rings. The monoisotopic (exact) mass is 288 g/mol. The van der Waals surface area contributed by atoms with Crippen LogP contribution < -0.4 is 0 Å². The maximum Gasteiger partial charge on any atom is 0.144 e. The predicted molar refractivity (Wildman–Crippen MR) is 88.2 cm³/mol. The minimum absolute atomic E-state index is 0.239. The van der Waals surface area contributed by atoms with Gasteiger partial charge in [-0.3, -0.25) is 4.79 Å². The first kappa shape index (κ1) is 17.6. The van der Waals surface area contributed by atoms with E-state index in [0.717, 1.165) is 18.4 Å². The first-order chi connectivity index (χ1) is 10.1. The van der Waals surface area contributed by atoms with Crippen molar-refractivity contribution in [3.8, 4) is 0 Å². The number of ether oxygens (including phenoxy) is 1. The average molecular weight is 288 g/mol. The number of Topliss-reactive ketones (excluding diaryl/α,β-unsaturated/α-hetero) is 1. The highest BCUT2D eigenvalue weighted by atomic mass is 16.5. The Morgan fingerprint density at radius 3 is 2.57 bits per heavy atom. The average Bonchev–Trinajstić information content (AvgIpc) is 2.52. The molecule has 0 saturated heterocycles. The lowest BCUT2D eigenvalue weighted by Gasteiger charge is -2.24. The second-order valence-electron chi connectivity index (χ2n) is 5.72. The third-order valence-corrected chi connectivity index (χ3v) is 3.68. The molecule has 0 radical (unpaired) electrons. The van der Waals surface area contributed by atoms with Crippen LogP contribution in [0.15, 0.2) is 42.5 Å². The van der Waals surface area contributed by atoms with Gasteiger partial charge in [-0.25, -0.2) is 0 Å². The minimum atomic E-state index is -0.503. The maximum absolute atomic E-state index is 12.2. The number of carbonyl (C=O) groups is 1. The predicted octanol–water partition coefficient (Wildman–Crippen LogP) is 4.94. The van der Waals surface area contributed by atoms with Crippen molar-refractivity contribution in [3.63, 3.8) is 0 Å². The molecule has 116 valence electrons. The minimum Gasteiger partial charge on any atom is -0.375 e. The quantitative estimate of drug-likeness (QED) is 0.450. The maximum atomic E-state index is 12.2. The van der Waals surface area contributed by atoms with Gasteiger partial charge < -0.3 is 4.74 Å². The molecule has 1 aromatic carbocycles. The summed E-state index contributed by atoms with van der Waals surface area (Å²) in [7, 11) is 0. The molecule has 0 amide bonds. The Balaban J connectivity index is 2.56. The van der Waals surface area contributed by atoms with E-state index in [0.29, 0.717) is 19.6 Å². The first-order valence-corrected chi connectivity index (χ1v) is 7.95. The van der Waals surface area contributed by atoms with Gasteiger partial charge in [0.05, 0.1) is 18.6 Å². The van der Waals surface area contributed by atoms with E-state index in [2.05, 4.69) is 13.0 Å². The molecule has 0 heterocycles. The highest BCUT2D eigenvalue weighted by Gasteiger charge is 2.28. The summed E-state index contributed by atoms with van der Waals surface area (Å²) in [6.45, 7) is 7.06. The highest BCUT2D eigenvalue weighted by Crippen LogP contribution is 2.23. The molecule has 2 nitrogen and oxygen atoms in total. The van der Waals surface area contributed by atoms with Crippen molar-refractivity contribution in [2.45, 2.75) is 53.1 Å². The van der Waals surface area contributed by atoms with E-state index < -0.39 is 5.41 Å². The number of hydrogen-bond acceptors (Lipinski definition) is 2. The van der Waals surface area contributed by atoms with Gasteiger partial charge in [-0.1, -0.05) is 69.2 Å². The van der Waals surface area contributed by atoms with Gasteiger partial charge in [0.2, 0.25) is 0 Å². The van der Waals surface area contributed by atoms with Crippen LogP contribution in [0.2, 0.25) is 0 Å². The SMILES string of the molecule is CCCC/C=C/[C@@](C)(COCc1ccccc1)C(=O)CC. The molecule has 0 spiro atoms. The molecule has 2 heteroatoms. The zero-order valence-corrected chi connectivity index (χ0v) is 13.6. The fourth-order valence-corrected chi connectivity index (χ4v) is 2.25. The zero-order chi connectivity index (χ0) is 15.6. The standard InChI is InChI=1S/C19H28O2/c1-4-6-7-11-14-19(3,18(20)5-2)16-21-15-17-12-9-8-10-13-17/h8-14H,4-7,15-16H2,1-3H3/b14-11+/t19-/m0/s1. The molecule has 0 fully saturated rings. The summed E-state index contributed by atoms with van der Waals surface area (Å²) < 4.78 is 5.79. The van der Waals surface area contributed by atoms with E-state index in [1.165, 1.54) is 6.42 Å². The van der Waals surface area contributed by atoms with Gasteiger partial charge in [0.25, 0.3) is 0 Å². The smallest absolute Gasteiger partial charge is 0.144 e. The summed E-state index contributed by atoms with van der Waals surface area (Å²) in [5.74, 6) is 0.239. The van der Waals surface area contributed by atoms with Crippen molar-refractivity contribution in [2.75, 3.05) is 6.61 Å². The molecule has 21 heavy (non-hydrogen) atoms. The molecule has 0 unspecified atom stereocenters. The number of allylic oxidation sites excluding steroid dienone is 1. The van der Waals surface area contributed by atoms with Gasteiger partial charge in [-0.2, -0.15) is 0 Å². The van der Waals surface area contributed by atoms with Crippen LogP contribution in [0.3, 0.4) is 0 Å². The van der Waals surface area contributed by atoms with Gasteiger partial charge >= 0.3 is 0 Å². The van der Waals surface area contributed by atoms with Gasteiger partial charge in [0, 0.05) is 6.42 Å². The number of ketones is 1. The van der Waals surface area contributed by atoms with Crippen LogP contribution in [-0.2, 0) is 16.1 Å². The van der Waals surface area contributed by atoms with Crippen LogP contribution in [0.4, 0.5) is 0 Å². The van der Waals surface area contributed by atoms with Crippen LogP contribution in [0.5, 0.6) is 0 Å². The number of benzene rings is 1. The summed E-state index contributed by atoms with van der Waals surface area (Å²) in [6, 6.07) is 10.1. The van der Waals surface area contributed by atoms with Crippen LogP contribution in [0.25, 0.3) is 0 Å². The Hall–Kier alpha value is -1.41. The van der Waals surface area contributed by atoms with Crippen LogP contribution in [-0.4, -0.2) is 12.4 Å². The second-order valence-corrected chi connectivity index (χ2v) is 5.72. The van der Waals surface area contributed by atoms with Gasteiger partial charge in [-0.15, -0.1) is 0 Å². The fraction of sp³-hybridized carbons (Fsp3) is 0.526. The lowest BCUT2D eigenvalue weighted by atomic mass is 9.84. The highest BCUT2D eigenvalue weighted by molar-refractivity contribution is 5.86. The van der Waals surface area contributed by atoms with Gasteiger partial charge in [-0.05, 0) is 18.9 Å². The van der Waals surface area contributed by atoms with E-state index in [9.17, 15) is 4.79 Å². The van der Waals surface area contributed by atoms with E-state index in [1.807, 2.05) is 50.3 Å². The van der Waals surface area contributed by atoms with Gasteiger partial charge in [0.15, 0.2) is 0 Å². The Labute approximate surface area is 129 Å². The topological polar surface area (TPSA) is 26.3 Å². The largest absolute Gasteiger partial charge is 0.375 e. The van der Waals surface area contributed by atoms with E-state index >= 15 is 0 Å². The van der Waals surface area contributed by atoms with Crippen LogP contribution >= 0.6 is 0 Å². The van der Waals surface area contributed by atoms with Crippen molar-refractivity contribution in [3.05, 3.63) is 48.0 Å². The molecule has 0 N–H and O–H groups in total. The third kappa shape index (κ3) is 6.26. The molecule has 0 aliphatic rings. The molecular weight excluding hydrogens is 260 g/mol. The lowest BCUT2D eigenvalue weighted by molar-refractivity contribution is -0.128. The molecule has 1 rings (SSSR count). The van der Waals surface area contributed by atoms with Crippen molar-refractivity contribution in [1.82, 2.24) is 0 Å². The number of hydrogen-bond donors (Lipinski definition) is 0. The number of carbonyl (C=O) groups excluding carboxylic acids is 1. The molecule has 0 aliphatic carbocycles. The van der Waals surface area contributed by atoms with Gasteiger partial charge in [0.1, 0.15) is 5.78 Å². The zero-order valence-electron chi connectivity index (χ0n) is 13.6. The molecular formula is C19H28O2. The van der Waals surface area contributed by atoms with Crippen LogP contribution in [0, 0.1) is 5.41 Å². The van der Waals surface area contributed by atoms with Crippen molar-refractivity contribution in [1.29, 1.82) is 0 Å². The molecule has 1 atom stereocenters. The Morgan fingerprint density at radius 1 is 1.24 bits per heavy atom. The Bertz CT molecular complexity index is 436.